The van der Waals surface area contributed by atoms with Gasteiger partial charge in [0.05, 0.1) is 18.9 Å². The summed E-state index contributed by atoms with van der Waals surface area (Å²) in [7, 11) is 0. The lowest BCUT2D eigenvalue weighted by Gasteiger charge is -2.29. The number of H-pyrrole nitrogens is 1. The van der Waals surface area contributed by atoms with E-state index in [4.69, 9.17) is 4.74 Å². The average Bonchev–Trinajstić information content (AvgIpc) is 3.65. The fourth-order valence-corrected chi connectivity index (χ4v) is 6.96. The Bertz CT molecular complexity index is 1920. The van der Waals surface area contributed by atoms with Crippen molar-refractivity contribution in [2.75, 3.05) is 32.8 Å². The molecule has 3 aliphatic rings. The highest BCUT2D eigenvalue weighted by atomic mass is 16.5. The van der Waals surface area contributed by atoms with Crippen molar-refractivity contribution in [3.05, 3.63) is 114 Å². The van der Waals surface area contributed by atoms with Gasteiger partial charge in [-0.3, -0.25) is 29.0 Å². The molecule has 2 aliphatic heterocycles. The molecule has 0 radical (unpaired) electrons. The van der Waals surface area contributed by atoms with Crippen LogP contribution in [0.15, 0.2) is 91.5 Å². The number of amides is 5. The van der Waals surface area contributed by atoms with E-state index < -0.39 is 41.8 Å². The molecule has 2 fully saturated rings. The summed E-state index contributed by atoms with van der Waals surface area (Å²) < 4.78 is 5.94. The Morgan fingerprint density at radius 2 is 1.66 bits per heavy atom. The molecule has 0 spiro atoms. The normalized spacial score (nSPS) is 22.8. The van der Waals surface area contributed by atoms with Gasteiger partial charge in [0.2, 0.25) is 17.7 Å². The van der Waals surface area contributed by atoms with Crippen molar-refractivity contribution in [1.82, 2.24) is 40.7 Å². The average molecular weight is 719 g/mol. The van der Waals surface area contributed by atoms with E-state index in [-0.39, 0.29) is 62.5 Å². The third-order valence-electron chi connectivity index (χ3n) is 9.84. The lowest BCUT2D eigenvalue weighted by atomic mass is 9.93. The number of hydrogen-bond donors (Lipinski definition) is 4. The van der Waals surface area contributed by atoms with E-state index in [1.807, 2.05) is 36.4 Å². The first-order valence-electron chi connectivity index (χ1n) is 17.9. The number of nitrogens with zero attached hydrogens (tertiary/aromatic N) is 4. The largest absolute Gasteiger partial charge is 0.484 e. The summed E-state index contributed by atoms with van der Waals surface area (Å²) in [6.07, 6.45) is 6.82. The predicted molar refractivity (Wildman–Crippen MR) is 192 cm³/mol. The summed E-state index contributed by atoms with van der Waals surface area (Å²) in [5.74, 6) is -1.81. The summed E-state index contributed by atoms with van der Waals surface area (Å²) in [5.41, 5.74) is 2.55. The maximum Gasteiger partial charge on any atom is 0.272 e. The van der Waals surface area contributed by atoms with Gasteiger partial charge in [0.1, 0.15) is 23.5 Å². The first-order valence-corrected chi connectivity index (χ1v) is 17.9. The molecule has 14 nitrogen and oxygen atoms in total. The quantitative estimate of drug-likeness (QED) is 0.223. The topological polar surface area (TPSA) is 179 Å². The predicted octanol–water partition coefficient (Wildman–Crippen LogP) is 1.62. The lowest BCUT2D eigenvalue weighted by molar-refractivity contribution is -0.140. The number of rotatable bonds is 7. The van der Waals surface area contributed by atoms with Gasteiger partial charge in [0, 0.05) is 56.5 Å². The first kappa shape index (κ1) is 35.4. The van der Waals surface area contributed by atoms with Gasteiger partial charge in [-0.1, -0.05) is 48.5 Å². The third-order valence-corrected chi connectivity index (χ3v) is 9.84. The Morgan fingerprint density at radius 1 is 0.849 bits per heavy atom. The molecule has 1 aliphatic carbocycles. The van der Waals surface area contributed by atoms with Gasteiger partial charge in [0.25, 0.3) is 11.8 Å². The lowest BCUT2D eigenvalue weighted by Crippen LogP contribution is -2.56. The zero-order valence-electron chi connectivity index (χ0n) is 29.1. The van der Waals surface area contributed by atoms with Gasteiger partial charge in [-0.25, -0.2) is 4.98 Å². The molecule has 7 rings (SSSR count). The second-order valence-corrected chi connectivity index (χ2v) is 13.9. The van der Waals surface area contributed by atoms with E-state index in [2.05, 4.69) is 30.9 Å². The summed E-state index contributed by atoms with van der Waals surface area (Å²) in [4.78, 5) is 83.6. The number of benzene rings is 2. The van der Waals surface area contributed by atoms with Crippen molar-refractivity contribution >= 4 is 29.5 Å². The van der Waals surface area contributed by atoms with Crippen LogP contribution in [-0.2, 0) is 32.0 Å². The van der Waals surface area contributed by atoms with Gasteiger partial charge in [-0.2, -0.15) is 0 Å². The van der Waals surface area contributed by atoms with Crippen LogP contribution in [-0.4, -0.2) is 105 Å². The van der Waals surface area contributed by atoms with Crippen LogP contribution in [0.5, 0.6) is 5.75 Å². The molecule has 14 heteroatoms. The molecule has 4 heterocycles. The minimum atomic E-state index is -1.01. The van der Waals surface area contributed by atoms with E-state index in [9.17, 15) is 24.0 Å². The standard InChI is InChI=1S/C39H42N8O6/c48-35-22-46(19-26-12-13-26)39(52)33(17-28-18-40-24-42-28)44-36(49)23-53-29-10-6-9-27(16-29)30-20-47(38(51)31-11-4-5-14-41-31)21-34(30)45-37(50)32(43-35)15-25-7-2-1-3-8-25/h1-11,14,16,18,24,26,30,32-34H,12-13,15,17,19-23H2,(H,40,42)(H,43,48)(H,44,49)(H,45,50)/t30-,32+,33+,34+/m1/s1. The zero-order chi connectivity index (χ0) is 36.7. The molecule has 1 saturated carbocycles. The summed E-state index contributed by atoms with van der Waals surface area (Å²) in [6.45, 7) is 0.156. The minimum absolute atomic E-state index is 0.124. The molecule has 4 atom stereocenters. The van der Waals surface area contributed by atoms with Crippen LogP contribution in [0.1, 0.15) is 46.1 Å². The molecule has 53 heavy (non-hydrogen) atoms. The number of carbonyl (C=O) groups excluding carboxylic acids is 5. The Labute approximate surface area is 306 Å². The number of hydrogen-bond acceptors (Lipinski definition) is 8. The number of ether oxygens (including phenoxy) is 1. The highest BCUT2D eigenvalue weighted by Gasteiger charge is 2.40. The smallest absolute Gasteiger partial charge is 0.272 e. The second-order valence-electron chi connectivity index (χ2n) is 13.9. The molecule has 4 N–H and O–H groups in total. The van der Waals surface area contributed by atoms with Crippen molar-refractivity contribution in [1.29, 1.82) is 0 Å². The number of nitrogens with one attached hydrogen (secondary N) is 4. The number of pyridine rings is 1. The van der Waals surface area contributed by atoms with Crippen LogP contribution in [0.4, 0.5) is 0 Å². The van der Waals surface area contributed by atoms with Crippen LogP contribution in [0.3, 0.4) is 0 Å². The van der Waals surface area contributed by atoms with Crippen LogP contribution >= 0.6 is 0 Å². The monoisotopic (exact) mass is 718 g/mol. The Morgan fingerprint density at radius 3 is 2.42 bits per heavy atom. The highest BCUT2D eigenvalue weighted by Crippen LogP contribution is 2.32. The molecule has 0 unspecified atom stereocenters. The van der Waals surface area contributed by atoms with Gasteiger partial charge in [0.15, 0.2) is 6.61 Å². The van der Waals surface area contributed by atoms with Crippen LogP contribution in [0.25, 0.3) is 0 Å². The van der Waals surface area contributed by atoms with E-state index in [1.165, 1.54) is 11.2 Å². The van der Waals surface area contributed by atoms with Crippen LogP contribution in [0, 0.1) is 5.92 Å². The number of aromatic amines is 1. The number of aromatic nitrogens is 3. The fraction of sp³-hybridized carbons (Fsp3) is 0.359. The van der Waals surface area contributed by atoms with Crippen LogP contribution in [0.2, 0.25) is 0 Å². The first-order chi connectivity index (χ1) is 25.8. The Hall–Kier alpha value is -6.05. The Balaban J connectivity index is 1.22. The van der Waals surface area contributed by atoms with E-state index in [1.54, 1.807) is 53.7 Å². The van der Waals surface area contributed by atoms with E-state index >= 15 is 0 Å². The molecule has 2 aromatic heterocycles. The minimum Gasteiger partial charge on any atom is -0.484 e. The van der Waals surface area contributed by atoms with Crippen molar-refractivity contribution in [3.63, 3.8) is 0 Å². The van der Waals surface area contributed by atoms with Crippen molar-refractivity contribution in [2.24, 2.45) is 5.92 Å². The molecular weight excluding hydrogens is 676 g/mol. The number of imidazole rings is 1. The number of fused-ring (bicyclic) bond motifs is 4. The molecule has 4 aromatic rings. The SMILES string of the molecule is O=C1CN(CC2CC2)C(=O)[C@H](Cc2cnc[nH]2)NC(=O)COc2cccc(c2)[C@H]2CN(C(=O)c3ccccn3)C[C@@H]2NC(=O)[C@H](Cc2ccccc2)N1. The molecular formula is C39H42N8O6. The Kier molecular flexibility index (Phi) is 10.7. The van der Waals surface area contributed by atoms with Gasteiger partial charge < -0.3 is 35.5 Å². The van der Waals surface area contributed by atoms with Crippen LogP contribution < -0.4 is 20.7 Å². The maximum atomic E-state index is 14.3. The van der Waals surface area contributed by atoms with Crippen molar-refractivity contribution in [2.45, 2.75) is 49.7 Å². The van der Waals surface area contributed by atoms with Crippen molar-refractivity contribution < 1.29 is 28.7 Å². The van der Waals surface area contributed by atoms with Gasteiger partial charge in [-0.15, -0.1) is 0 Å². The van der Waals surface area contributed by atoms with Gasteiger partial charge >= 0.3 is 0 Å². The van der Waals surface area contributed by atoms with Crippen molar-refractivity contribution in [3.8, 4) is 5.75 Å². The molecule has 1 saturated heterocycles. The summed E-state index contributed by atoms with van der Waals surface area (Å²) in [5, 5.41) is 8.90. The van der Waals surface area contributed by atoms with E-state index in [0.717, 1.165) is 24.0 Å². The summed E-state index contributed by atoms with van der Waals surface area (Å²) >= 11 is 0. The summed E-state index contributed by atoms with van der Waals surface area (Å²) in [6, 6.07) is 19.2. The van der Waals surface area contributed by atoms with Gasteiger partial charge in [-0.05, 0) is 54.2 Å². The number of likely N-dealkylation sites (tertiary alicyclic amines) is 1. The molecule has 274 valence electrons. The highest BCUT2D eigenvalue weighted by molar-refractivity contribution is 5.94. The van der Waals surface area contributed by atoms with E-state index in [0.29, 0.717) is 18.0 Å². The fourth-order valence-electron chi connectivity index (χ4n) is 6.96. The molecule has 2 aromatic carbocycles. The number of carbonyl (C=O) groups is 5. The second kappa shape index (κ2) is 16.1. The maximum absolute atomic E-state index is 14.3. The molecule has 2 bridgehead atoms. The third kappa shape index (κ3) is 9.07. The molecule has 5 amide bonds. The zero-order valence-corrected chi connectivity index (χ0v) is 29.1.